The maximum absolute atomic E-state index is 13.2. The second-order valence-electron chi connectivity index (χ2n) is 11.8. The molecule has 0 aliphatic heterocycles. The molecule has 0 bridgehead atoms. The SMILES string of the molecule is CSCC[C@H](NC(=O)[C@@H](NC(=O)[C@H](CC(=O)O)NC(=O)[C@H](CO)NC(=O)[C@H](CCC(=O)O)NC(=O)[C@@H](N)Cc1ccc(O)cc1)C(C)C)C(=O)O. The monoisotopic (exact) mass is 742 g/mol. The quantitative estimate of drug-likeness (QED) is 0.0553. The van der Waals surface area contributed by atoms with Crippen molar-refractivity contribution >= 4 is 59.2 Å². The van der Waals surface area contributed by atoms with Gasteiger partial charge in [0, 0.05) is 6.42 Å². The van der Waals surface area contributed by atoms with Crippen LogP contribution in [0.25, 0.3) is 0 Å². The number of phenols is 1. The average Bonchev–Trinajstić information content (AvgIpc) is 3.05. The summed E-state index contributed by atoms with van der Waals surface area (Å²) < 4.78 is 0. The lowest BCUT2D eigenvalue weighted by Gasteiger charge is -2.27. The number of amides is 5. The van der Waals surface area contributed by atoms with Crippen molar-refractivity contribution in [3.63, 3.8) is 0 Å². The molecule has 0 radical (unpaired) electrons. The zero-order valence-corrected chi connectivity index (χ0v) is 29.1. The first-order chi connectivity index (χ1) is 23.9. The number of aromatic hydroxyl groups is 1. The van der Waals surface area contributed by atoms with E-state index in [1.54, 1.807) is 6.26 Å². The van der Waals surface area contributed by atoms with Gasteiger partial charge in [0.15, 0.2) is 0 Å². The molecule has 6 atom stereocenters. The number of carboxylic acid groups (broad SMARTS) is 3. The van der Waals surface area contributed by atoms with Gasteiger partial charge in [0.05, 0.1) is 19.1 Å². The normalized spacial score (nSPS) is 14.5. The van der Waals surface area contributed by atoms with Gasteiger partial charge in [-0.25, -0.2) is 4.79 Å². The molecule has 5 amide bonds. The molecule has 0 aliphatic rings. The van der Waals surface area contributed by atoms with Gasteiger partial charge < -0.3 is 57.9 Å². The van der Waals surface area contributed by atoms with Crippen LogP contribution in [-0.4, -0.2) is 128 Å². The van der Waals surface area contributed by atoms with E-state index in [9.17, 15) is 58.8 Å². The summed E-state index contributed by atoms with van der Waals surface area (Å²) in [5.41, 5.74) is 6.52. The number of carbonyl (C=O) groups is 8. The van der Waals surface area contributed by atoms with Gasteiger partial charge in [-0.3, -0.25) is 33.6 Å². The number of aliphatic hydroxyl groups excluding tert-OH is 1. The number of rotatable bonds is 23. The molecular formula is C31H46N6O13S. The highest BCUT2D eigenvalue weighted by molar-refractivity contribution is 7.98. The van der Waals surface area contributed by atoms with E-state index in [0.29, 0.717) is 11.3 Å². The largest absolute Gasteiger partial charge is 0.508 e. The molecule has 1 rings (SSSR count). The van der Waals surface area contributed by atoms with E-state index >= 15 is 0 Å². The van der Waals surface area contributed by atoms with Crippen LogP contribution in [0, 0.1) is 5.92 Å². The van der Waals surface area contributed by atoms with Crippen LogP contribution in [0.15, 0.2) is 24.3 Å². The Morgan fingerprint density at radius 2 is 1.24 bits per heavy atom. The van der Waals surface area contributed by atoms with Crippen LogP contribution in [0.4, 0.5) is 0 Å². The molecule has 0 fully saturated rings. The van der Waals surface area contributed by atoms with Crippen molar-refractivity contribution in [2.75, 3.05) is 18.6 Å². The highest BCUT2D eigenvalue weighted by atomic mass is 32.2. The molecule has 0 saturated heterocycles. The second-order valence-corrected chi connectivity index (χ2v) is 12.8. The molecule has 1 aromatic rings. The van der Waals surface area contributed by atoms with E-state index in [2.05, 4.69) is 26.6 Å². The lowest BCUT2D eigenvalue weighted by Crippen LogP contribution is -2.61. The zero-order chi connectivity index (χ0) is 38.8. The second kappa shape index (κ2) is 22.0. The van der Waals surface area contributed by atoms with E-state index in [4.69, 9.17) is 10.8 Å². The standard InChI is InChI=1S/C31H46N6O13S/c1-15(2)25(30(48)34-20(31(49)50)10-11-51-3)37-28(46)21(13-24(42)43)35-29(47)22(14-38)36-27(45)19(8-9-23(40)41)33-26(44)18(32)12-16-4-6-17(39)7-5-16/h4-7,15,18-22,25,38-39H,8-14,32H2,1-3H3,(H,33,44)(H,34,48)(H,35,47)(H,36,45)(H,37,46)(H,40,41)(H,42,43)(H,49,50)/t18-,19-,20-,21-,22-,25-/m0/s1. The van der Waals surface area contributed by atoms with E-state index in [-0.39, 0.29) is 18.6 Å². The zero-order valence-electron chi connectivity index (χ0n) is 28.3. The van der Waals surface area contributed by atoms with Gasteiger partial charge >= 0.3 is 17.9 Å². The Bertz CT molecular complexity index is 1390. The van der Waals surface area contributed by atoms with Crippen molar-refractivity contribution in [2.45, 2.75) is 82.2 Å². The van der Waals surface area contributed by atoms with Crippen LogP contribution >= 0.6 is 11.8 Å². The fraction of sp³-hybridized carbons (Fsp3) is 0.548. The number of nitrogens with two attached hydrogens (primary N) is 1. The highest BCUT2D eigenvalue weighted by Gasteiger charge is 2.34. The van der Waals surface area contributed by atoms with Crippen molar-refractivity contribution in [1.29, 1.82) is 0 Å². The van der Waals surface area contributed by atoms with E-state index in [0.717, 1.165) is 0 Å². The number of hydrogen-bond donors (Lipinski definition) is 11. The number of carboxylic acids is 3. The molecule has 1 aromatic carbocycles. The van der Waals surface area contributed by atoms with E-state index in [1.807, 2.05) is 0 Å². The third kappa shape index (κ3) is 16.1. The number of benzene rings is 1. The Balaban J connectivity index is 3.09. The van der Waals surface area contributed by atoms with Crippen LogP contribution in [-0.2, 0) is 44.8 Å². The third-order valence-electron chi connectivity index (χ3n) is 7.31. The van der Waals surface area contributed by atoms with Crippen LogP contribution in [0.5, 0.6) is 5.75 Å². The van der Waals surface area contributed by atoms with Gasteiger partial charge in [-0.05, 0) is 54.9 Å². The van der Waals surface area contributed by atoms with Crippen molar-refractivity contribution < 1.29 is 63.9 Å². The third-order valence-corrected chi connectivity index (χ3v) is 7.95. The van der Waals surface area contributed by atoms with E-state index in [1.165, 1.54) is 49.9 Å². The Kier molecular flexibility index (Phi) is 19.0. The highest BCUT2D eigenvalue weighted by Crippen LogP contribution is 2.12. The molecule has 0 heterocycles. The van der Waals surface area contributed by atoms with Crippen molar-refractivity contribution in [2.24, 2.45) is 11.7 Å². The smallest absolute Gasteiger partial charge is 0.326 e. The van der Waals surface area contributed by atoms with Crippen LogP contribution in [0.1, 0.15) is 45.1 Å². The molecule has 51 heavy (non-hydrogen) atoms. The maximum atomic E-state index is 13.2. The Labute approximate surface area is 297 Å². The molecule has 284 valence electrons. The van der Waals surface area contributed by atoms with E-state index < -0.39 is 115 Å². The molecule has 0 spiro atoms. The van der Waals surface area contributed by atoms with Gasteiger partial charge in [0.2, 0.25) is 29.5 Å². The fourth-order valence-electron chi connectivity index (χ4n) is 4.46. The predicted octanol–water partition coefficient (Wildman–Crippen LogP) is -2.49. The van der Waals surface area contributed by atoms with Crippen molar-refractivity contribution in [3.05, 3.63) is 29.8 Å². The summed E-state index contributed by atoms with van der Waals surface area (Å²) in [6, 6.07) is -3.30. The predicted molar refractivity (Wildman–Crippen MR) is 181 cm³/mol. The van der Waals surface area contributed by atoms with Gasteiger partial charge in [-0.15, -0.1) is 0 Å². The van der Waals surface area contributed by atoms with Crippen LogP contribution < -0.4 is 32.3 Å². The molecule has 0 aromatic heterocycles. The summed E-state index contributed by atoms with van der Waals surface area (Å²) in [6.07, 6.45) is -0.251. The summed E-state index contributed by atoms with van der Waals surface area (Å²) in [6.45, 7) is 1.98. The number of thioether (sulfide) groups is 1. The number of phenolic OH excluding ortho intramolecular Hbond substituents is 1. The molecule has 19 nitrogen and oxygen atoms in total. The molecule has 12 N–H and O–H groups in total. The topological polar surface area (TPSA) is 324 Å². The minimum absolute atomic E-state index is 0.0186. The van der Waals surface area contributed by atoms with Gasteiger partial charge in [-0.2, -0.15) is 11.8 Å². The molecule has 0 saturated carbocycles. The summed E-state index contributed by atoms with van der Waals surface area (Å²) >= 11 is 1.35. The minimum Gasteiger partial charge on any atom is -0.508 e. The summed E-state index contributed by atoms with van der Waals surface area (Å²) in [4.78, 5) is 99.6. The van der Waals surface area contributed by atoms with Crippen molar-refractivity contribution in [3.8, 4) is 5.75 Å². The summed E-state index contributed by atoms with van der Waals surface area (Å²) in [5.74, 6) is -9.63. The number of nitrogens with one attached hydrogen (secondary N) is 5. The van der Waals surface area contributed by atoms with Gasteiger partial charge in [-0.1, -0.05) is 26.0 Å². The van der Waals surface area contributed by atoms with Crippen molar-refractivity contribution in [1.82, 2.24) is 26.6 Å². The number of hydrogen-bond acceptors (Lipinski definition) is 12. The van der Waals surface area contributed by atoms with Gasteiger partial charge in [0.25, 0.3) is 0 Å². The van der Waals surface area contributed by atoms with Crippen LogP contribution in [0.2, 0.25) is 0 Å². The Morgan fingerprint density at radius 1 is 0.706 bits per heavy atom. The Hall–Kier alpha value is -4.95. The molecular weight excluding hydrogens is 696 g/mol. The first kappa shape index (κ1) is 44.1. The first-order valence-corrected chi connectivity index (χ1v) is 17.1. The fourth-order valence-corrected chi connectivity index (χ4v) is 4.93. The maximum Gasteiger partial charge on any atom is 0.326 e. The lowest BCUT2D eigenvalue weighted by atomic mass is 10.0. The molecule has 20 heteroatoms. The van der Waals surface area contributed by atoms with Gasteiger partial charge in [0.1, 0.15) is 36.0 Å². The summed E-state index contributed by atoms with van der Waals surface area (Å²) in [7, 11) is 0. The number of carbonyl (C=O) groups excluding carboxylic acids is 5. The molecule has 0 aliphatic carbocycles. The minimum atomic E-state index is -1.85. The summed E-state index contributed by atoms with van der Waals surface area (Å²) in [5, 5.41) is 58.6. The average molecular weight is 743 g/mol. The number of aliphatic hydroxyl groups is 1. The molecule has 0 unspecified atom stereocenters. The lowest BCUT2D eigenvalue weighted by molar-refractivity contribution is -0.143. The Morgan fingerprint density at radius 3 is 1.75 bits per heavy atom. The first-order valence-electron chi connectivity index (χ1n) is 15.7. The number of aliphatic carboxylic acids is 3. The van der Waals surface area contributed by atoms with Crippen LogP contribution in [0.3, 0.4) is 0 Å².